The second-order valence-electron chi connectivity index (χ2n) is 6.52. The van der Waals surface area contributed by atoms with Crippen LogP contribution < -0.4 is 0 Å². The topological polar surface area (TPSA) is 72.5 Å². The van der Waals surface area contributed by atoms with Crippen molar-refractivity contribution in [3.8, 4) is 0 Å². The molecule has 0 N–H and O–H groups in total. The Balaban J connectivity index is 1.87. The van der Waals surface area contributed by atoms with Crippen LogP contribution in [0.3, 0.4) is 0 Å². The molecule has 0 aromatic carbocycles. The molecule has 3 aliphatic carbocycles. The Morgan fingerprint density at radius 3 is 2.12 bits per heavy atom. The third-order valence-electron chi connectivity index (χ3n) is 5.25. The summed E-state index contributed by atoms with van der Waals surface area (Å²) in [5.41, 5.74) is 0. The Labute approximate surface area is 142 Å². The standard InChI is InChI=1S/C17H26O7/c1-19-7-22-15-13-11-5-4-10(6-11)12(13)14(18)16(23-8-20-2)17(15)24-9-21-3/h4-5,10-13,15-17H,6-9H2,1-3H3/t10-,11+,12-,13+,15+,16+,17-/m0/s1. The highest BCUT2D eigenvalue weighted by atomic mass is 16.7. The van der Waals surface area contributed by atoms with E-state index in [0.29, 0.717) is 5.92 Å². The minimum absolute atomic E-state index is 0.0293. The molecule has 0 aromatic heterocycles. The number of carbonyl (C=O) groups excluding carboxylic acids is 1. The van der Waals surface area contributed by atoms with Crippen LogP contribution >= 0.6 is 0 Å². The first-order valence-electron chi connectivity index (χ1n) is 8.26. The minimum atomic E-state index is -0.726. The van der Waals surface area contributed by atoms with Gasteiger partial charge in [-0.15, -0.1) is 0 Å². The summed E-state index contributed by atoms with van der Waals surface area (Å²) in [6, 6.07) is 0. The molecular weight excluding hydrogens is 316 g/mol. The smallest absolute Gasteiger partial charge is 0.168 e. The molecule has 0 radical (unpaired) electrons. The minimum Gasteiger partial charge on any atom is -0.359 e. The molecule has 2 saturated carbocycles. The van der Waals surface area contributed by atoms with E-state index in [1.165, 1.54) is 7.11 Å². The third-order valence-corrected chi connectivity index (χ3v) is 5.25. The zero-order chi connectivity index (χ0) is 17.1. The number of hydrogen-bond acceptors (Lipinski definition) is 7. The van der Waals surface area contributed by atoms with Gasteiger partial charge < -0.3 is 28.4 Å². The fourth-order valence-electron chi connectivity index (χ4n) is 4.45. The zero-order valence-electron chi connectivity index (χ0n) is 14.4. The third kappa shape index (κ3) is 3.16. The molecule has 7 atom stereocenters. The van der Waals surface area contributed by atoms with E-state index >= 15 is 0 Å². The van der Waals surface area contributed by atoms with Crippen molar-refractivity contribution in [2.45, 2.75) is 24.7 Å². The van der Waals surface area contributed by atoms with Crippen LogP contribution in [0.5, 0.6) is 0 Å². The van der Waals surface area contributed by atoms with Crippen LogP contribution in [0, 0.1) is 23.7 Å². The van der Waals surface area contributed by atoms with Crippen molar-refractivity contribution < 1.29 is 33.2 Å². The van der Waals surface area contributed by atoms with Crippen LogP contribution in [0.1, 0.15) is 6.42 Å². The van der Waals surface area contributed by atoms with Crippen LogP contribution in [0.15, 0.2) is 12.2 Å². The van der Waals surface area contributed by atoms with E-state index in [1.807, 2.05) is 0 Å². The number of hydrogen-bond donors (Lipinski definition) is 0. The predicted molar refractivity (Wildman–Crippen MR) is 83.0 cm³/mol. The molecule has 0 aromatic rings. The summed E-state index contributed by atoms with van der Waals surface area (Å²) in [5, 5.41) is 0. The van der Waals surface area contributed by atoms with Crippen molar-refractivity contribution in [1.29, 1.82) is 0 Å². The fourth-order valence-corrected chi connectivity index (χ4v) is 4.45. The first-order valence-corrected chi connectivity index (χ1v) is 8.26. The molecule has 0 aliphatic heterocycles. The average molecular weight is 342 g/mol. The van der Waals surface area contributed by atoms with E-state index in [9.17, 15) is 4.79 Å². The second-order valence-corrected chi connectivity index (χ2v) is 6.52. The monoisotopic (exact) mass is 342 g/mol. The van der Waals surface area contributed by atoms with Crippen molar-refractivity contribution in [1.82, 2.24) is 0 Å². The van der Waals surface area contributed by atoms with Crippen molar-refractivity contribution >= 4 is 5.78 Å². The van der Waals surface area contributed by atoms with Gasteiger partial charge in [-0.2, -0.15) is 0 Å². The van der Waals surface area contributed by atoms with Crippen LogP contribution in [-0.2, 0) is 33.2 Å². The molecule has 136 valence electrons. The molecule has 7 nitrogen and oxygen atoms in total. The maximum atomic E-state index is 13.1. The molecule has 7 heteroatoms. The van der Waals surface area contributed by atoms with E-state index in [-0.39, 0.29) is 50.0 Å². The maximum Gasteiger partial charge on any atom is 0.168 e. The van der Waals surface area contributed by atoms with Gasteiger partial charge in [0.15, 0.2) is 5.78 Å². The number of carbonyl (C=O) groups is 1. The highest BCUT2D eigenvalue weighted by Gasteiger charge is 2.60. The van der Waals surface area contributed by atoms with Crippen LogP contribution in [0.25, 0.3) is 0 Å². The maximum absolute atomic E-state index is 13.1. The highest BCUT2D eigenvalue weighted by Crippen LogP contribution is 2.54. The van der Waals surface area contributed by atoms with Crippen LogP contribution in [0.4, 0.5) is 0 Å². The summed E-state index contributed by atoms with van der Waals surface area (Å²) in [6.45, 7) is 0.244. The molecule has 2 bridgehead atoms. The first-order chi connectivity index (χ1) is 11.7. The summed E-state index contributed by atoms with van der Waals surface area (Å²) in [6.07, 6.45) is 3.78. The van der Waals surface area contributed by atoms with Crippen molar-refractivity contribution in [2.75, 3.05) is 41.7 Å². The van der Waals surface area contributed by atoms with Gasteiger partial charge in [0, 0.05) is 33.2 Å². The Kier molecular flexibility index (Phi) is 6.02. The number of allylic oxidation sites excluding steroid dienone is 2. The predicted octanol–water partition coefficient (Wildman–Crippen LogP) is 0.975. The Morgan fingerprint density at radius 2 is 1.46 bits per heavy atom. The van der Waals surface area contributed by atoms with Gasteiger partial charge in [-0.3, -0.25) is 4.79 Å². The van der Waals surface area contributed by atoms with Gasteiger partial charge in [0.1, 0.15) is 32.6 Å². The van der Waals surface area contributed by atoms with E-state index < -0.39 is 12.2 Å². The Morgan fingerprint density at radius 1 is 0.875 bits per heavy atom. The SMILES string of the molecule is COCO[C@H]1[C@H](OCOC)[C@H](OCOC)C(=O)[C@@H]2[C@H]1[C@@H]1C=C[C@H]2C1. The van der Waals surface area contributed by atoms with Crippen LogP contribution in [-0.4, -0.2) is 65.8 Å². The lowest BCUT2D eigenvalue weighted by molar-refractivity contribution is -0.235. The molecule has 3 aliphatic rings. The lowest BCUT2D eigenvalue weighted by atomic mass is 9.68. The molecule has 0 spiro atoms. The van der Waals surface area contributed by atoms with Gasteiger partial charge in [0.2, 0.25) is 0 Å². The molecule has 0 amide bonds. The largest absolute Gasteiger partial charge is 0.359 e. The van der Waals surface area contributed by atoms with E-state index in [4.69, 9.17) is 28.4 Å². The number of rotatable bonds is 9. The van der Waals surface area contributed by atoms with Gasteiger partial charge in [-0.05, 0) is 18.3 Å². The number of Topliss-reactive ketones (excluding diaryl/α,β-unsaturated/α-hetero) is 1. The second kappa shape index (κ2) is 8.03. The average Bonchev–Trinajstić information content (AvgIpc) is 3.20. The van der Waals surface area contributed by atoms with Gasteiger partial charge in [0.25, 0.3) is 0 Å². The lowest BCUT2D eigenvalue weighted by Gasteiger charge is -2.45. The zero-order valence-corrected chi connectivity index (χ0v) is 14.4. The van der Waals surface area contributed by atoms with E-state index in [1.54, 1.807) is 14.2 Å². The molecule has 3 rings (SSSR count). The molecular formula is C17H26O7. The number of ether oxygens (including phenoxy) is 6. The molecule has 0 saturated heterocycles. The summed E-state index contributed by atoms with van der Waals surface area (Å²) in [7, 11) is 4.65. The number of ketones is 1. The Bertz CT molecular complexity index is 466. The number of methoxy groups -OCH3 is 3. The summed E-state index contributed by atoms with van der Waals surface area (Å²) >= 11 is 0. The van der Waals surface area contributed by atoms with E-state index in [2.05, 4.69) is 12.2 Å². The first kappa shape index (κ1) is 18.0. The van der Waals surface area contributed by atoms with Crippen molar-refractivity contribution in [2.24, 2.45) is 23.7 Å². The van der Waals surface area contributed by atoms with Crippen molar-refractivity contribution in [3.63, 3.8) is 0 Å². The van der Waals surface area contributed by atoms with Crippen LogP contribution in [0.2, 0.25) is 0 Å². The fraction of sp³-hybridized carbons (Fsp3) is 0.824. The van der Waals surface area contributed by atoms with Gasteiger partial charge >= 0.3 is 0 Å². The molecule has 0 unspecified atom stereocenters. The Hall–Kier alpha value is -0.830. The van der Waals surface area contributed by atoms with Gasteiger partial charge in [0.05, 0.1) is 6.10 Å². The summed E-state index contributed by atoms with van der Waals surface area (Å²) in [5.74, 6) is 0.672. The van der Waals surface area contributed by atoms with Gasteiger partial charge in [-0.1, -0.05) is 12.2 Å². The molecule has 2 fully saturated rings. The normalized spacial score (nSPS) is 40.3. The highest BCUT2D eigenvalue weighted by molar-refractivity contribution is 5.88. The summed E-state index contributed by atoms with van der Waals surface area (Å²) < 4.78 is 32.6. The lowest BCUT2D eigenvalue weighted by Crippen LogP contribution is -2.60. The number of fused-ring (bicyclic) bond motifs is 5. The quantitative estimate of drug-likeness (QED) is 0.457. The summed E-state index contributed by atoms with van der Waals surface area (Å²) in [4.78, 5) is 13.1. The molecule has 24 heavy (non-hydrogen) atoms. The van der Waals surface area contributed by atoms with Crippen molar-refractivity contribution in [3.05, 3.63) is 12.2 Å². The van der Waals surface area contributed by atoms with E-state index in [0.717, 1.165) is 6.42 Å². The van der Waals surface area contributed by atoms with Gasteiger partial charge in [-0.25, -0.2) is 0 Å². The molecule has 0 heterocycles.